The highest BCUT2D eigenvalue weighted by atomic mass is 16.6. The summed E-state index contributed by atoms with van der Waals surface area (Å²) >= 11 is 0. The molecule has 1 amide bonds. The van der Waals surface area contributed by atoms with Crippen LogP contribution in [0.5, 0.6) is 5.75 Å². The number of nitro benzene ring substituents is 1. The Morgan fingerprint density at radius 2 is 1.85 bits per heavy atom. The molecular weight excluding hydrogens is 260 g/mol. The van der Waals surface area contributed by atoms with Crippen LogP contribution in [0.25, 0.3) is 11.1 Å². The summed E-state index contributed by atoms with van der Waals surface area (Å²) in [6, 6.07) is 13.8. The number of hydrogen-bond acceptors (Lipinski definition) is 4. The second-order valence-corrected chi connectivity index (χ2v) is 4.06. The molecule has 0 saturated carbocycles. The molecule has 2 aromatic rings. The predicted octanol–water partition coefficient (Wildman–Crippen LogP) is 2.13. The van der Waals surface area contributed by atoms with Gasteiger partial charge in [0.2, 0.25) is 0 Å². The zero-order valence-corrected chi connectivity index (χ0v) is 10.5. The van der Waals surface area contributed by atoms with Crippen LogP contribution in [-0.4, -0.2) is 17.4 Å². The highest BCUT2D eigenvalue weighted by molar-refractivity contribution is 5.76. The van der Waals surface area contributed by atoms with Crippen molar-refractivity contribution in [3.05, 3.63) is 58.6 Å². The molecule has 2 rings (SSSR count). The minimum absolute atomic E-state index is 0.0217. The Bertz CT molecular complexity index is 641. The van der Waals surface area contributed by atoms with Crippen LogP contribution in [0.1, 0.15) is 0 Å². The number of carbonyl (C=O) groups is 1. The lowest BCUT2D eigenvalue weighted by Crippen LogP contribution is -2.20. The van der Waals surface area contributed by atoms with Crippen molar-refractivity contribution < 1.29 is 14.5 Å². The molecule has 0 atom stereocenters. The number of carbonyl (C=O) groups excluding carboxylic acids is 1. The lowest BCUT2D eigenvalue weighted by Gasteiger charge is -2.07. The molecule has 0 radical (unpaired) electrons. The van der Waals surface area contributed by atoms with Gasteiger partial charge in [-0.2, -0.15) is 0 Å². The zero-order chi connectivity index (χ0) is 14.5. The largest absolute Gasteiger partial charge is 0.477 e. The molecule has 6 heteroatoms. The predicted molar refractivity (Wildman–Crippen MR) is 73.2 cm³/mol. The Morgan fingerprint density at radius 3 is 2.45 bits per heavy atom. The molecule has 2 aromatic carbocycles. The van der Waals surface area contributed by atoms with Crippen LogP contribution < -0.4 is 10.5 Å². The van der Waals surface area contributed by atoms with Crippen molar-refractivity contribution in [3.63, 3.8) is 0 Å². The first-order valence-corrected chi connectivity index (χ1v) is 5.83. The normalized spacial score (nSPS) is 10.0. The van der Waals surface area contributed by atoms with Crippen molar-refractivity contribution in [1.82, 2.24) is 0 Å². The van der Waals surface area contributed by atoms with E-state index in [0.717, 1.165) is 5.56 Å². The van der Waals surface area contributed by atoms with E-state index in [1.807, 2.05) is 30.3 Å². The summed E-state index contributed by atoms with van der Waals surface area (Å²) in [5.74, 6) is -0.667. The maximum atomic E-state index is 11.1. The van der Waals surface area contributed by atoms with Crippen LogP contribution >= 0.6 is 0 Å². The third-order valence-corrected chi connectivity index (χ3v) is 2.63. The molecule has 2 N–H and O–H groups in total. The number of nitro groups is 1. The van der Waals surface area contributed by atoms with Crippen LogP contribution in [-0.2, 0) is 4.79 Å². The summed E-state index contributed by atoms with van der Waals surface area (Å²) in [4.78, 5) is 21.2. The van der Waals surface area contributed by atoms with Crippen molar-refractivity contribution in [2.75, 3.05) is 6.61 Å². The Hall–Kier alpha value is -2.89. The quantitative estimate of drug-likeness (QED) is 0.666. The lowest BCUT2D eigenvalue weighted by atomic mass is 10.0. The van der Waals surface area contributed by atoms with E-state index in [0.29, 0.717) is 5.56 Å². The monoisotopic (exact) mass is 272 g/mol. The van der Waals surface area contributed by atoms with Crippen molar-refractivity contribution >= 4 is 11.6 Å². The van der Waals surface area contributed by atoms with E-state index in [1.165, 1.54) is 12.1 Å². The first-order chi connectivity index (χ1) is 9.58. The van der Waals surface area contributed by atoms with E-state index >= 15 is 0 Å². The highest BCUT2D eigenvalue weighted by Crippen LogP contribution is 2.32. The summed E-state index contributed by atoms with van der Waals surface area (Å²) in [6.07, 6.45) is 0. The third kappa shape index (κ3) is 3.11. The van der Waals surface area contributed by atoms with Gasteiger partial charge >= 0.3 is 5.69 Å². The standard InChI is InChI=1S/C14H12N2O4/c15-14(17)9-20-13-7-6-11(8-12(13)16(18)19)10-4-2-1-3-5-10/h1-8H,9H2,(H2,15,17). The van der Waals surface area contributed by atoms with Gasteiger partial charge in [-0.15, -0.1) is 0 Å². The number of hydrogen-bond donors (Lipinski definition) is 1. The van der Waals surface area contributed by atoms with Gasteiger partial charge in [0.1, 0.15) is 0 Å². The van der Waals surface area contributed by atoms with Crippen molar-refractivity contribution in [3.8, 4) is 16.9 Å². The Kier molecular flexibility index (Phi) is 3.95. The average Bonchev–Trinajstić information content (AvgIpc) is 2.45. The summed E-state index contributed by atoms with van der Waals surface area (Å²) in [5, 5.41) is 11.1. The van der Waals surface area contributed by atoms with Gasteiger partial charge in [-0.3, -0.25) is 14.9 Å². The molecule has 0 aliphatic rings. The minimum atomic E-state index is -0.688. The van der Waals surface area contributed by atoms with Gasteiger partial charge in [0.25, 0.3) is 5.91 Å². The van der Waals surface area contributed by atoms with Gasteiger partial charge in [-0.1, -0.05) is 36.4 Å². The zero-order valence-electron chi connectivity index (χ0n) is 10.5. The van der Waals surface area contributed by atoms with E-state index in [4.69, 9.17) is 10.5 Å². The second kappa shape index (κ2) is 5.83. The fourth-order valence-corrected chi connectivity index (χ4v) is 1.74. The van der Waals surface area contributed by atoms with E-state index in [9.17, 15) is 14.9 Å². The van der Waals surface area contributed by atoms with Crippen molar-refractivity contribution in [2.45, 2.75) is 0 Å². The van der Waals surface area contributed by atoms with Crippen molar-refractivity contribution in [2.24, 2.45) is 5.73 Å². The summed E-state index contributed by atoms with van der Waals surface area (Å²) in [5.41, 5.74) is 6.31. The smallest absolute Gasteiger partial charge is 0.311 e. The molecular formula is C14H12N2O4. The maximum Gasteiger partial charge on any atom is 0.311 e. The van der Waals surface area contributed by atoms with E-state index in [2.05, 4.69) is 0 Å². The molecule has 0 unspecified atom stereocenters. The summed E-state index contributed by atoms with van der Waals surface area (Å²) in [7, 11) is 0. The molecule has 0 aliphatic carbocycles. The summed E-state index contributed by atoms with van der Waals surface area (Å²) < 4.78 is 5.03. The van der Waals surface area contributed by atoms with Crippen LogP contribution in [0.4, 0.5) is 5.69 Å². The molecule has 0 aromatic heterocycles. The number of ether oxygens (including phenoxy) is 1. The Morgan fingerprint density at radius 1 is 1.15 bits per heavy atom. The molecule has 102 valence electrons. The average molecular weight is 272 g/mol. The molecule has 0 spiro atoms. The maximum absolute atomic E-state index is 11.1. The number of rotatable bonds is 5. The highest BCUT2D eigenvalue weighted by Gasteiger charge is 2.17. The van der Waals surface area contributed by atoms with Gasteiger partial charge in [0.05, 0.1) is 4.92 Å². The number of nitrogens with zero attached hydrogens (tertiary/aromatic N) is 1. The van der Waals surface area contributed by atoms with E-state index < -0.39 is 17.4 Å². The third-order valence-electron chi connectivity index (χ3n) is 2.63. The fourth-order valence-electron chi connectivity index (χ4n) is 1.74. The first-order valence-electron chi connectivity index (χ1n) is 5.83. The molecule has 0 saturated heterocycles. The molecule has 6 nitrogen and oxygen atoms in total. The van der Waals surface area contributed by atoms with Crippen LogP contribution in [0.3, 0.4) is 0 Å². The van der Waals surface area contributed by atoms with Gasteiger partial charge in [0.15, 0.2) is 12.4 Å². The number of benzene rings is 2. The summed E-state index contributed by atoms with van der Waals surface area (Å²) in [6.45, 7) is -0.397. The van der Waals surface area contributed by atoms with Gasteiger partial charge in [-0.25, -0.2) is 0 Å². The van der Waals surface area contributed by atoms with Crippen molar-refractivity contribution in [1.29, 1.82) is 0 Å². The van der Waals surface area contributed by atoms with E-state index in [1.54, 1.807) is 6.07 Å². The van der Waals surface area contributed by atoms with Crippen LogP contribution in [0.15, 0.2) is 48.5 Å². The molecule has 0 fully saturated rings. The Labute approximate surface area is 114 Å². The number of primary amides is 1. The number of nitrogens with two attached hydrogens (primary N) is 1. The minimum Gasteiger partial charge on any atom is -0.477 e. The van der Waals surface area contributed by atoms with Gasteiger partial charge in [0, 0.05) is 6.07 Å². The van der Waals surface area contributed by atoms with Gasteiger partial charge < -0.3 is 10.5 Å². The molecule has 0 heterocycles. The fraction of sp³-hybridized carbons (Fsp3) is 0.0714. The number of amides is 1. The van der Waals surface area contributed by atoms with Gasteiger partial charge in [-0.05, 0) is 17.2 Å². The first kappa shape index (κ1) is 13.5. The van der Waals surface area contributed by atoms with E-state index in [-0.39, 0.29) is 11.4 Å². The molecule has 0 bridgehead atoms. The second-order valence-electron chi connectivity index (χ2n) is 4.06. The van der Waals surface area contributed by atoms with Crippen LogP contribution in [0.2, 0.25) is 0 Å². The SMILES string of the molecule is NC(=O)COc1ccc(-c2ccccc2)cc1[N+](=O)[O-]. The topological polar surface area (TPSA) is 95.5 Å². The van der Waals surface area contributed by atoms with Crippen LogP contribution in [0, 0.1) is 10.1 Å². The molecule has 20 heavy (non-hydrogen) atoms. The lowest BCUT2D eigenvalue weighted by molar-refractivity contribution is -0.385. The Balaban J connectivity index is 2.37. The molecule has 0 aliphatic heterocycles.